The summed E-state index contributed by atoms with van der Waals surface area (Å²) in [5.74, 6) is 0.690. The van der Waals surface area contributed by atoms with Crippen LogP contribution in [0.25, 0.3) is 0 Å². The Morgan fingerprint density at radius 3 is 2.38 bits per heavy atom. The van der Waals surface area contributed by atoms with Crippen molar-refractivity contribution >= 4 is 17.8 Å². The highest BCUT2D eigenvalue weighted by molar-refractivity contribution is 5.82. The summed E-state index contributed by atoms with van der Waals surface area (Å²) in [5.41, 5.74) is 0.989. The average molecular weight is 474 g/mol. The normalized spacial score (nSPS) is 25.6. The predicted octanol–water partition coefficient (Wildman–Crippen LogP) is 5.09. The number of benzene rings is 1. The van der Waals surface area contributed by atoms with Gasteiger partial charge in [-0.1, -0.05) is 40.7 Å². The number of esters is 1. The molecule has 2 bridgehead atoms. The summed E-state index contributed by atoms with van der Waals surface area (Å²) in [5, 5.41) is 2.69. The molecule has 0 aliphatic heterocycles. The number of hydrogen-bond acceptors (Lipinski definition) is 6. The van der Waals surface area contributed by atoms with Gasteiger partial charge in [-0.15, -0.1) is 0 Å². The van der Waals surface area contributed by atoms with Crippen molar-refractivity contribution in [1.82, 2.24) is 5.32 Å². The lowest BCUT2D eigenvalue weighted by Gasteiger charge is -2.39. The molecule has 188 valence electrons. The molecule has 1 aromatic carbocycles. The third-order valence-corrected chi connectivity index (χ3v) is 8.36. The lowest BCUT2D eigenvalue weighted by atomic mass is 9.70. The smallest absolute Gasteiger partial charge is 0.413 e. The van der Waals surface area contributed by atoms with E-state index >= 15 is 0 Å². The Balaban J connectivity index is 1.64. The molecular formula is C27H39NO6. The van der Waals surface area contributed by atoms with Crippen LogP contribution >= 0.6 is 0 Å². The van der Waals surface area contributed by atoms with Crippen molar-refractivity contribution in [2.45, 2.75) is 85.8 Å². The molecule has 3 rings (SSSR count). The topological polar surface area (TPSA) is 90.9 Å². The van der Waals surface area contributed by atoms with E-state index in [1.54, 1.807) is 25.1 Å². The Morgan fingerprint density at radius 1 is 1.15 bits per heavy atom. The van der Waals surface area contributed by atoms with Crippen molar-refractivity contribution in [2.24, 2.45) is 22.7 Å². The third kappa shape index (κ3) is 5.08. The second-order valence-electron chi connectivity index (χ2n) is 11.0. The van der Waals surface area contributed by atoms with Gasteiger partial charge in [-0.25, -0.2) is 9.59 Å². The fraction of sp³-hybridized carbons (Fsp3) is 0.667. The van der Waals surface area contributed by atoms with E-state index in [2.05, 4.69) is 26.1 Å². The van der Waals surface area contributed by atoms with Gasteiger partial charge in [-0.3, -0.25) is 0 Å². The summed E-state index contributed by atoms with van der Waals surface area (Å²) >= 11 is 0. The fourth-order valence-corrected chi connectivity index (χ4v) is 5.55. The maximum Gasteiger partial charge on any atom is 0.413 e. The van der Waals surface area contributed by atoms with Crippen LogP contribution in [0.4, 0.5) is 4.79 Å². The summed E-state index contributed by atoms with van der Waals surface area (Å²) < 4.78 is 16.8. The molecule has 2 aliphatic carbocycles. The molecule has 2 aliphatic rings. The number of carbonyl (C=O) groups is 3. The second-order valence-corrected chi connectivity index (χ2v) is 11.0. The molecule has 3 unspecified atom stereocenters. The lowest BCUT2D eigenvalue weighted by Crippen LogP contribution is -2.49. The number of carbonyl (C=O) groups excluding carboxylic acids is 3. The third-order valence-electron chi connectivity index (χ3n) is 8.36. The summed E-state index contributed by atoms with van der Waals surface area (Å²) in [6.07, 6.45) is 3.22. The minimum atomic E-state index is -0.820. The van der Waals surface area contributed by atoms with Crippen molar-refractivity contribution in [3.8, 4) is 11.5 Å². The molecule has 1 N–H and O–H groups in total. The highest BCUT2D eigenvalue weighted by atomic mass is 16.6. The number of ether oxygens (including phenoxy) is 3. The van der Waals surface area contributed by atoms with Crippen molar-refractivity contribution in [2.75, 3.05) is 7.11 Å². The first-order chi connectivity index (χ1) is 15.9. The van der Waals surface area contributed by atoms with Crippen LogP contribution in [0.15, 0.2) is 18.2 Å². The minimum Gasteiger partial charge on any atom is -0.493 e. The Morgan fingerprint density at radius 2 is 1.85 bits per heavy atom. The maximum atomic E-state index is 13.1. The van der Waals surface area contributed by atoms with E-state index in [1.165, 1.54) is 13.5 Å². The van der Waals surface area contributed by atoms with Gasteiger partial charge in [0, 0.05) is 11.8 Å². The number of methoxy groups -OCH3 is 1. The standard InChI is InChI=1S/C27H39NO6/c1-16(2)23(24(30)34-22-15-19-12-13-27(22,6)26(19,4)5)28-25(31)33-20-11-10-18(9-8-17(3)29)14-21(20)32-7/h10-11,14,16,19,22-23H,8-9,12-13,15H2,1-7H3,(H,28,31)/t19?,22?,23-,27?/m1/s1. The van der Waals surface area contributed by atoms with Crippen LogP contribution in [-0.4, -0.2) is 37.1 Å². The molecule has 2 fully saturated rings. The number of ketones is 1. The summed E-state index contributed by atoms with van der Waals surface area (Å²) in [4.78, 5) is 37.0. The van der Waals surface area contributed by atoms with Gasteiger partial charge in [0.05, 0.1) is 7.11 Å². The summed E-state index contributed by atoms with van der Waals surface area (Å²) in [6, 6.07) is 4.35. The maximum absolute atomic E-state index is 13.1. The van der Waals surface area contributed by atoms with E-state index in [9.17, 15) is 14.4 Å². The number of Topliss-reactive ketones (excluding diaryl/α,β-unsaturated/α-hetero) is 1. The van der Waals surface area contributed by atoms with Crippen LogP contribution in [-0.2, 0) is 20.7 Å². The molecule has 0 heterocycles. The van der Waals surface area contributed by atoms with Crippen LogP contribution in [0, 0.1) is 22.7 Å². The van der Waals surface area contributed by atoms with Crippen molar-refractivity contribution < 1.29 is 28.6 Å². The van der Waals surface area contributed by atoms with Crippen LogP contribution < -0.4 is 14.8 Å². The van der Waals surface area contributed by atoms with Crippen LogP contribution in [0.2, 0.25) is 0 Å². The molecule has 34 heavy (non-hydrogen) atoms. The van der Waals surface area contributed by atoms with Crippen molar-refractivity contribution in [3.63, 3.8) is 0 Å². The predicted molar refractivity (Wildman–Crippen MR) is 129 cm³/mol. The minimum absolute atomic E-state index is 0.0487. The quantitative estimate of drug-likeness (QED) is 0.503. The van der Waals surface area contributed by atoms with Gasteiger partial charge in [-0.2, -0.15) is 0 Å². The zero-order valence-electron chi connectivity index (χ0n) is 21.5. The molecule has 7 nitrogen and oxygen atoms in total. The van der Waals surface area contributed by atoms with E-state index in [-0.39, 0.29) is 34.4 Å². The molecule has 1 aromatic rings. The molecular weight excluding hydrogens is 434 g/mol. The number of fused-ring (bicyclic) bond motifs is 2. The molecule has 0 spiro atoms. The molecule has 7 heteroatoms. The first-order valence-corrected chi connectivity index (χ1v) is 12.2. The molecule has 1 amide bonds. The van der Waals surface area contributed by atoms with Gasteiger partial charge < -0.3 is 24.3 Å². The zero-order chi connectivity index (χ0) is 25.3. The number of amides is 1. The number of aryl methyl sites for hydroxylation is 1. The second kappa shape index (κ2) is 9.96. The van der Waals surface area contributed by atoms with Gasteiger partial charge in [0.15, 0.2) is 11.5 Å². The first-order valence-electron chi connectivity index (χ1n) is 12.2. The van der Waals surface area contributed by atoms with E-state index in [0.717, 1.165) is 18.4 Å². The monoisotopic (exact) mass is 473 g/mol. The average Bonchev–Trinajstić information content (AvgIpc) is 3.10. The van der Waals surface area contributed by atoms with E-state index in [4.69, 9.17) is 14.2 Å². The fourth-order valence-electron chi connectivity index (χ4n) is 5.55. The zero-order valence-corrected chi connectivity index (χ0v) is 21.5. The molecule has 0 radical (unpaired) electrons. The highest BCUT2D eigenvalue weighted by Crippen LogP contribution is 2.66. The first kappa shape index (κ1) is 26.0. The molecule has 4 atom stereocenters. The van der Waals surface area contributed by atoms with Crippen LogP contribution in [0.3, 0.4) is 0 Å². The number of nitrogens with one attached hydrogen (secondary N) is 1. The summed E-state index contributed by atoms with van der Waals surface area (Å²) in [6.45, 7) is 12.0. The Labute approximate surface area is 202 Å². The van der Waals surface area contributed by atoms with Gasteiger partial charge in [0.2, 0.25) is 0 Å². The van der Waals surface area contributed by atoms with E-state index < -0.39 is 18.1 Å². The Hall–Kier alpha value is -2.57. The molecule has 2 saturated carbocycles. The lowest BCUT2D eigenvalue weighted by molar-refractivity contribution is -0.160. The number of hydrogen-bond donors (Lipinski definition) is 1. The van der Waals surface area contributed by atoms with Gasteiger partial charge in [-0.05, 0) is 67.6 Å². The van der Waals surface area contributed by atoms with Crippen LogP contribution in [0.1, 0.15) is 72.8 Å². The summed E-state index contributed by atoms with van der Waals surface area (Å²) in [7, 11) is 1.49. The van der Waals surface area contributed by atoms with Crippen molar-refractivity contribution in [1.29, 1.82) is 0 Å². The molecule has 0 saturated heterocycles. The Kier molecular flexibility index (Phi) is 7.63. The van der Waals surface area contributed by atoms with Gasteiger partial charge in [0.1, 0.15) is 17.9 Å². The molecule has 0 aromatic heterocycles. The SMILES string of the molecule is COc1cc(CCC(C)=O)ccc1OC(=O)N[C@@H](C(=O)OC1CC2CCC1(C)C2(C)C)C(C)C. The van der Waals surface area contributed by atoms with E-state index in [0.29, 0.717) is 24.5 Å². The number of rotatable bonds is 9. The van der Waals surface area contributed by atoms with Gasteiger partial charge in [0.25, 0.3) is 0 Å². The Bertz CT molecular complexity index is 939. The van der Waals surface area contributed by atoms with E-state index in [1.807, 2.05) is 13.8 Å². The largest absolute Gasteiger partial charge is 0.493 e. The van der Waals surface area contributed by atoms with Crippen LogP contribution in [0.5, 0.6) is 11.5 Å². The highest BCUT2D eigenvalue weighted by Gasteiger charge is 2.63. The van der Waals surface area contributed by atoms with Gasteiger partial charge >= 0.3 is 12.1 Å². The van der Waals surface area contributed by atoms with Crippen molar-refractivity contribution in [3.05, 3.63) is 23.8 Å².